The maximum absolute atomic E-state index is 12.1. The van der Waals surface area contributed by atoms with Crippen molar-refractivity contribution in [3.05, 3.63) is 29.6 Å². The summed E-state index contributed by atoms with van der Waals surface area (Å²) in [5.74, 6) is -0.0626. The van der Waals surface area contributed by atoms with Crippen LogP contribution in [0.1, 0.15) is 49.7 Å². The summed E-state index contributed by atoms with van der Waals surface area (Å²) in [5, 5.41) is 6.34. The first-order valence-corrected chi connectivity index (χ1v) is 6.95. The lowest BCUT2D eigenvalue weighted by Gasteiger charge is -2.23. The van der Waals surface area contributed by atoms with Gasteiger partial charge in [-0.2, -0.15) is 0 Å². The maximum Gasteiger partial charge on any atom is 0.270 e. The van der Waals surface area contributed by atoms with Crippen molar-refractivity contribution in [2.24, 2.45) is 0 Å². The fourth-order valence-electron chi connectivity index (χ4n) is 2.20. The van der Waals surface area contributed by atoms with Crippen LogP contribution in [0.4, 0.5) is 0 Å². The highest BCUT2D eigenvalue weighted by molar-refractivity contribution is 5.92. The van der Waals surface area contributed by atoms with Crippen LogP contribution in [0, 0.1) is 0 Å². The molecule has 0 aromatic carbocycles. The fraction of sp³-hybridized carbons (Fsp3) is 0.600. The average Bonchev–Trinajstić information content (AvgIpc) is 2.39. The first kappa shape index (κ1) is 14.0. The lowest BCUT2D eigenvalue weighted by molar-refractivity contribution is 0.0924. The molecule has 104 valence electrons. The van der Waals surface area contributed by atoms with Gasteiger partial charge in [0.2, 0.25) is 0 Å². The van der Waals surface area contributed by atoms with Crippen LogP contribution in [0.5, 0.6) is 0 Å². The summed E-state index contributed by atoms with van der Waals surface area (Å²) in [6.45, 7) is 8.36. The molecule has 0 bridgehead atoms. The van der Waals surface area contributed by atoms with Crippen LogP contribution in [-0.4, -0.2) is 30.0 Å². The molecule has 0 aliphatic carbocycles. The largest absolute Gasteiger partial charge is 0.348 e. The minimum absolute atomic E-state index is 0.0626. The van der Waals surface area contributed by atoms with E-state index in [2.05, 4.69) is 36.4 Å². The van der Waals surface area contributed by atoms with E-state index in [1.54, 1.807) is 6.20 Å². The zero-order valence-corrected chi connectivity index (χ0v) is 12.0. The summed E-state index contributed by atoms with van der Waals surface area (Å²) in [5.41, 5.74) is 1.72. The molecule has 0 radical (unpaired) electrons. The van der Waals surface area contributed by atoms with Crippen molar-refractivity contribution in [3.8, 4) is 0 Å². The van der Waals surface area contributed by atoms with Crippen LogP contribution >= 0.6 is 0 Å². The van der Waals surface area contributed by atoms with E-state index in [0.717, 1.165) is 31.5 Å². The molecule has 1 aliphatic heterocycles. The Kier molecular flexibility index (Phi) is 4.20. The number of amides is 1. The Morgan fingerprint density at radius 2 is 2.00 bits per heavy atom. The molecule has 0 spiro atoms. The molecule has 1 aromatic rings. The lowest BCUT2D eigenvalue weighted by Crippen LogP contribution is -2.42. The highest BCUT2D eigenvalue weighted by Gasteiger charge is 2.18. The van der Waals surface area contributed by atoms with Gasteiger partial charge in [0.25, 0.3) is 5.91 Å². The van der Waals surface area contributed by atoms with Crippen molar-refractivity contribution in [1.29, 1.82) is 0 Å². The predicted octanol–water partition coefficient (Wildman–Crippen LogP) is 1.86. The number of piperidine rings is 1. The molecule has 1 saturated heterocycles. The second-order valence-corrected chi connectivity index (χ2v) is 6.18. The van der Waals surface area contributed by atoms with Crippen LogP contribution in [0.3, 0.4) is 0 Å². The van der Waals surface area contributed by atoms with Crippen molar-refractivity contribution in [2.45, 2.75) is 45.1 Å². The summed E-state index contributed by atoms with van der Waals surface area (Å²) >= 11 is 0. The number of carbonyl (C=O) groups excluding carboxylic acids is 1. The number of hydrogen-bond donors (Lipinski definition) is 2. The van der Waals surface area contributed by atoms with Crippen molar-refractivity contribution in [3.63, 3.8) is 0 Å². The molecule has 2 N–H and O–H groups in total. The van der Waals surface area contributed by atoms with Gasteiger partial charge in [-0.3, -0.25) is 9.78 Å². The number of pyridine rings is 1. The van der Waals surface area contributed by atoms with Crippen molar-refractivity contribution < 1.29 is 4.79 Å². The molecule has 4 heteroatoms. The number of nitrogens with one attached hydrogen (secondary N) is 2. The highest BCUT2D eigenvalue weighted by Crippen LogP contribution is 2.21. The van der Waals surface area contributed by atoms with Crippen molar-refractivity contribution >= 4 is 5.91 Å². The first-order chi connectivity index (χ1) is 8.97. The van der Waals surface area contributed by atoms with Crippen LogP contribution in [0.2, 0.25) is 0 Å². The van der Waals surface area contributed by atoms with Gasteiger partial charge in [-0.15, -0.1) is 0 Å². The van der Waals surface area contributed by atoms with Gasteiger partial charge in [-0.25, -0.2) is 0 Å². The van der Waals surface area contributed by atoms with Crippen LogP contribution in [0.15, 0.2) is 18.3 Å². The molecule has 1 aromatic heterocycles. The van der Waals surface area contributed by atoms with Gasteiger partial charge in [-0.1, -0.05) is 26.8 Å². The second-order valence-electron chi connectivity index (χ2n) is 6.18. The monoisotopic (exact) mass is 261 g/mol. The number of aromatic nitrogens is 1. The highest BCUT2D eigenvalue weighted by atomic mass is 16.1. The van der Waals surface area contributed by atoms with Gasteiger partial charge in [-0.05, 0) is 43.0 Å². The number of nitrogens with zero attached hydrogens (tertiary/aromatic N) is 1. The van der Waals surface area contributed by atoms with Crippen molar-refractivity contribution in [2.75, 3.05) is 13.1 Å². The molecule has 1 aliphatic rings. The molecule has 2 rings (SSSR count). The second kappa shape index (κ2) is 5.70. The van der Waals surface area contributed by atoms with Crippen LogP contribution in [0.25, 0.3) is 0 Å². The van der Waals surface area contributed by atoms with Gasteiger partial charge >= 0.3 is 0 Å². The molecule has 0 saturated carbocycles. The first-order valence-electron chi connectivity index (χ1n) is 6.95. The van der Waals surface area contributed by atoms with Crippen molar-refractivity contribution in [1.82, 2.24) is 15.6 Å². The number of carbonyl (C=O) groups is 1. The standard InChI is InChI=1S/C15H23N3O/c1-15(2,3)11-4-5-13(17-10-11)14(19)18-12-6-8-16-9-7-12/h4-5,10,12,16H,6-9H2,1-3H3,(H,18,19). The normalized spacial score (nSPS) is 17.2. The molecule has 0 atom stereocenters. The predicted molar refractivity (Wildman–Crippen MR) is 76.3 cm³/mol. The van der Waals surface area contributed by atoms with E-state index >= 15 is 0 Å². The quantitative estimate of drug-likeness (QED) is 0.854. The minimum Gasteiger partial charge on any atom is -0.348 e. The van der Waals surface area contributed by atoms with Gasteiger partial charge in [0.1, 0.15) is 5.69 Å². The third kappa shape index (κ3) is 3.77. The average molecular weight is 261 g/mol. The molecule has 19 heavy (non-hydrogen) atoms. The lowest BCUT2D eigenvalue weighted by atomic mass is 9.88. The summed E-state index contributed by atoms with van der Waals surface area (Å²) in [6, 6.07) is 4.08. The van der Waals surface area contributed by atoms with E-state index in [0.29, 0.717) is 5.69 Å². The topological polar surface area (TPSA) is 54.0 Å². The third-order valence-electron chi connectivity index (χ3n) is 3.54. The summed E-state index contributed by atoms with van der Waals surface area (Å²) in [7, 11) is 0. The number of hydrogen-bond acceptors (Lipinski definition) is 3. The summed E-state index contributed by atoms with van der Waals surface area (Å²) in [4.78, 5) is 16.4. The summed E-state index contributed by atoms with van der Waals surface area (Å²) < 4.78 is 0. The Morgan fingerprint density at radius 1 is 1.32 bits per heavy atom. The van der Waals surface area contributed by atoms with E-state index in [1.165, 1.54) is 0 Å². The van der Waals surface area contributed by atoms with Gasteiger partial charge < -0.3 is 10.6 Å². The summed E-state index contributed by atoms with van der Waals surface area (Å²) in [6.07, 6.45) is 3.79. The molecule has 1 amide bonds. The molecule has 1 fully saturated rings. The fourth-order valence-corrected chi connectivity index (χ4v) is 2.20. The molecule has 2 heterocycles. The SMILES string of the molecule is CC(C)(C)c1ccc(C(=O)NC2CCNCC2)nc1. The molecule has 0 unspecified atom stereocenters. The van der Waals surface area contributed by atoms with Gasteiger partial charge in [0.05, 0.1) is 0 Å². The van der Waals surface area contributed by atoms with Gasteiger partial charge in [0.15, 0.2) is 0 Å². The number of rotatable bonds is 2. The zero-order chi connectivity index (χ0) is 13.9. The smallest absolute Gasteiger partial charge is 0.270 e. The molecule has 4 nitrogen and oxygen atoms in total. The Balaban J connectivity index is 1.99. The van der Waals surface area contributed by atoms with Crippen LogP contribution in [-0.2, 0) is 5.41 Å². The Bertz CT molecular complexity index is 428. The van der Waals surface area contributed by atoms with E-state index < -0.39 is 0 Å². The van der Waals surface area contributed by atoms with E-state index in [-0.39, 0.29) is 17.4 Å². The van der Waals surface area contributed by atoms with Gasteiger partial charge in [0, 0.05) is 12.2 Å². The Morgan fingerprint density at radius 3 is 2.53 bits per heavy atom. The Labute approximate surface area is 115 Å². The van der Waals surface area contributed by atoms with E-state index in [1.807, 2.05) is 12.1 Å². The zero-order valence-electron chi connectivity index (χ0n) is 12.0. The maximum atomic E-state index is 12.1. The Hall–Kier alpha value is -1.42. The molecular formula is C15H23N3O. The molecular weight excluding hydrogens is 238 g/mol. The third-order valence-corrected chi connectivity index (χ3v) is 3.54. The van der Waals surface area contributed by atoms with Crippen LogP contribution < -0.4 is 10.6 Å². The minimum atomic E-state index is -0.0626. The van der Waals surface area contributed by atoms with E-state index in [9.17, 15) is 4.79 Å². The van der Waals surface area contributed by atoms with E-state index in [4.69, 9.17) is 0 Å².